The molecule has 1 fully saturated rings. The van der Waals surface area contributed by atoms with E-state index in [1.807, 2.05) is 35.2 Å². The van der Waals surface area contributed by atoms with Crippen LogP contribution in [0.1, 0.15) is 30.1 Å². The fourth-order valence-electron chi connectivity index (χ4n) is 3.04. The molecule has 2 aromatic rings. The van der Waals surface area contributed by atoms with Crippen LogP contribution in [-0.2, 0) is 0 Å². The monoisotopic (exact) mass is 338 g/mol. The van der Waals surface area contributed by atoms with Crippen LogP contribution in [-0.4, -0.2) is 43.6 Å². The van der Waals surface area contributed by atoms with E-state index in [-0.39, 0.29) is 5.91 Å². The summed E-state index contributed by atoms with van der Waals surface area (Å²) in [4.78, 5) is 17.0. The fourth-order valence-corrected chi connectivity index (χ4v) is 3.04. The fraction of sp³-hybridized carbons (Fsp3) is 0.381. The Balaban J connectivity index is 1.58. The number of hydrogen-bond donors (Lipinski definition) is 0. The van der Waals surface area contributed by atoms with Gasteiger partial charge in [0, 0.05) is 37.4 Å². The number of rotatable bonds is 6. The van der Waals surface area contributed by atoms with E-state index in [4.69, 9.17) is 4.74 Å². The molecular formula is C21H26N2O2. The zero-order valence-electron chi connectivity index (χ0n) is 14.9. The first-order chi connectivity index (χ1) is 12.3. The standard InChI is InChI=1S/C21H26N2O2/c1-2-3-16-25-20-11-7-8-18(17-20)21(24)23-14-12-22(13-15-23)19-9-5-4-6-10-19/h4-11,17H,2-3,12-16H2,1H3. The van der Waals surface area contributed by atoms with Gasteiger partial charge in [-0.25, -0.2) is 0 Å². The van der Waals surface area contributed by atoms with Gasteiger partial charge in [0.15, 0.2) is 0 Å². The Morgan fingerprint density at radius 3 is 2.48 bits per heavy atom. The number of piperazine rings is 1. The van der Waals surface area contributed by atoms with E-state index < -0.39 is 0 Å². The number of amides is 1. The molecule has 4 heteroatoms. The Labute approximate surface area is 150 Å². The van der Waals surface area contributed by atoms with Crippen molar-refractivity contribution in [3.05, 3.63) is 60.2 Å². The molecule has 1 aliphatic heterocycles. The van der Waals surface area contributed by atoms with Crippen LogP contribution in [0.4, 0.5) is 5.69 Å². The lowest BCUT2D eigenvalue weighted by molar-refractivity contribution is 0.0746. The third-order valence-electron chi connectivity index (χ3n) is 4.54. The quantitative estimate of drug-likeness (QED) is 0.751. The van der Waals surface area contributed by atoms with E-state index in [9.17, 15) is 4.79 Å². The maximum absolute atomic E-state index is 12.8. The topological polar surface area (TPSA) is 32.8 Å². The van der Waals surface area contributed by atoms with E-state index in [0.717, 1.165) is 44.8 Å². The maximum atomic E-state index is 12.8. The van der Waals surface area contributed by atoms with Gasteiger partial charge in [-0.3, -0.25) is 4.79 Å². The molecule has 2 aromatic carbocycles. The Kier molecular flexibility index (Phi) is 5.94. The minimum atomic E-state index is 0.0913. The lowest BCUT2D eigenvalue weighted by Gasteiger charge is -2.36. The molecule has 0 aromatic heterocycles. The highest BCUT2D eigenvalue weighted by Gasteiger charge is 2.22. The normalized spacial score (nSPS) is 14.4. The van der Waals surface area contributed by atoms with Crippen LogP contribution < -0.4 is 9.64 Å². The van der Waals surface area contributed by atoms with Crippen molar-refractivity contribution >= 4 is 11.6 Å². The smallest absolute Gasteiger partial charge is 0.254 e. The summed E-state index contributed by atoms with van der Waals surface area (Å²) in [6, 6.07) is 17.9. The molecule has 1 saturated heterocycles. The molecule has 1 heterocycles. The summed E-state index contributed by atoms with van der Waals surface area (Å²) < 4.78 is 5.72. The van der Waals surface area contributed by atoms with Gasteiger partial charge in [-0.1, -0.05) is 37.6 Å². The van der Waals surface area contributed by atoms with Crippen LogP contribution in [0, 0.1) is 0 Å². The predicted molar refractivity (Wildman–Crippen MR) is 101 cm³/mol. The van der Waals surface area contributed by atoms with Gasteiger partial charge in [0.25, 0.3) is 5.91 Å². The molecule has 0 atom stereocenters. The van der Waals surface area contributed by atoms with E-state index >= 15 is 0 Å². The molecular weight excluding hydrogens is 312 g/mol. The van der Waals surface area contributed by atoms with Gasteiger partial charge in [0.2, 0.25) is 0 Å². The van der Waals surface area contributed by atoms with E-state index in [1.165, 1.54) is 5.69 Å². The van der Waals surface area contributed by atoms with Crippen molar-refractivity contribution in [2.24, 2.45) is 0 Å². The van der Waals surface area contributed by atoms with Crippen molar-refractivity contribution in [2.75, 3.05) is 37.7 Å². The van der Waals surface area contributed by atoms with Crippen molar-refractivity contribution in [3.63, 3.8) is 0 Å². The van der Waals surface area contributed by atoms with Crippen LogP contribution in [0.15, 0.2) is 54.6 Å². The van der Waals surface area contributed by atoms with E-state index in [0.29, 0.717) is 12.2 Å². The van der Waals surface area contributed by atoms with Gasteiger partial charge >= 0.3 is 0 Å². The second-order valence-corrected chi connectivity index (χ2v) is 6.34. The molecule has 3 rings (SSSR count). The zero-order chi connectivity index (χ0) is 17.5. The Morgan fingerprint density at radius 2 is 1.76 bits per heavy atom. The molecule has 25 heavy (non-hydrogen) atoms. The summed E-state index contributed by atoms with van der Waals surface area (Å²) in [5, 5.41) is 0. The minimum Gasteiger partial charge on any atom is -0.494 e. The number of anilines is 1. The zero-order valence-corrected chi connectivity index (χ0v) is 14.9. The predicted octanol–water partition coefficient (Wildman–Crippen LogP) is 3.83. The number of hydrogen-bond acceptors (Lipinski definition) is 3. The van der Waals surface area contributed by atoms with Gasteiger partial charge in [-0.2, -0.15) is 0 Å². The SMILES string of the molecule is CCCCOc1cccc(C(=O)N2CCN(c3ccccc3)CC2)c1. The molecule has 4 nitrogen and oxygen atoms in total. The first-order valence-electron chi connectivity index (χ1n) is 9.10. The number of carbonyl (C=O) groups excluding carboxylic acids is 1. The maximum Gasteiger partial charge on any atom is 0.254 e. The van der Waals surface area contributed by atoms with Gasteiger partial charge in [0.05, 0.1) is 6.61 Å². The second-order valence-electron chi connectivity index (χ2n) is 6.34. The average molecular weight is 338 g/mol. The number of ether oxygens (including phenoxy) is 1. The average Bonchev–Trinajstić information content (AvgIpc) is 2.69. The molecule has 132 valence electrons. The molecule has 1 amide bonds. The van der Waals surface area contributed by atoms with Gasteiger partial charge in [-0.15, -0.1) is 0 Å². The summed E-state index contributed by atoms with van der Waals surface area (Å²) in [7, 11) is 0. The van der Waals surface area contributed by atoms with Crippen molar-refractivity contribution in [1.29, 1.82) is 0 Å². The molecule has 0 spiro atoms. The van der Waals surface area contributed by atoms with E-state index in [2.05, 4.69) is 36.1 Å². The van der Waals surface area contributed by atoms with Crippen LogP contribution in [0.3, 0.4) is 0 Å². The summed E-state index contributed by atoms with van der Waals surface area (Å²) in [6.07, 6.45) is 2.13. The highest BCUT2D eigenvalue weighted by atomic mass is 16.5. The third-order valence-corrected chi connectivity index (χ3v) is 4.54. The van der Waals surface area contributed by atoms with E-state index in [1.54, 1.807) is 0 Å². The summed E-state index contributed by atoms with van der Waals surface area (Å²) in [6.45, 7) is 6.05. The highest BCUT2D eigenvalue weighted by Crippen LogP contribution is 2.19. The molecule has 0 bridgehead atoms. The first-order valence-corrected chi connectivity index (χ1v) is 9.10. The largest absolute Gasteiger partial charge is 0.494 e. The lowest BCUT2D eigenvalue weighted by Crippen LogP contribution is -2.48. The number of para-hydroxylation sites is 1. The van der Waals surface area contributed by atoms with Crippen molar-refractivity contribution in [1.82, 2.24) is 4.90 Å². The van der Waals surface area contributed by atoms with Crippen LogP contribution in [0.2, 0.25) is 0 Å². The second kappa shape index (κ2) is 8.56. The third kappa shape index (κ3) is 4.53. The Hall–Kier alpha value is -2.49. The highest BCUT2D eigenvalue weighted by molar-refractivity contribution is 5.94. The Bertz CT molecular complexity index is 679. The van der Waals surface area contributed by atoms with Gasteiger partial charge < -0.3 is 14.5 Å². The van der Waals surface area contributed by atoms with Crippen molar-refractivity contribution in [3.8, 4) is 5.75 Å². The lowest BCUT2D eigenvalue weighted by atomic mass is 10.1. The first kappa shape index (κ1) is 17.3. The van der Waals surface area contributed by atoms with Gasteiger partial charge in [0.1, 0.15) is 5.75 Å². The number of benzene rings is 2. The number of carbonyl (C=O) groups is 1. The number of unbranched alkanes of at least 4 members (excludes halogenated alkanes) is 1. The van der Waals surface area contributed by atoms with Crippen molar-refractivity contribution in [2.45, 2.75) is 19.8 Å². The summed E-state index contributed by atoms with van der Waals surface area (Å²) >= 11 is 0. The van der Waals surface area contributed by atoms with Crippen LogP contribution in [0.5, 0.6) is 5.75 Å². The summed E-state index contributed by atoms with van der Waals surface area (Å²) in [5.41, 5.74) is 1.93. The summed E-state index contributed by atoms with van der Waals surface area (Å²) in [5.74, 6) is 0.871. The molecule has 0 N–H and O–H groups in total. The van der Waals surface area contributed by atoms with Crippen molar-refractivity contribution < 1.29 is 9.53 Å². The molecule has 0 aliphatic carbocycles. The van der Waals surface area contributed by atoms with Gasteiger partial charge in [-0.05, 0) is 36.8 Å². The molecule has 0 radical (unpaired) electrons. The molecule has 0 saturated carbocycles. The van der Waals surface area contributed by atoms with Crippen LogP contribution >= 0.6 is 0 Å². The molecule has 0 unspecified atom stereocenters. The number of nitrogens with zero attached hydrogens (tertiary/aromatic N) is 2. The molecule has 1 aliphatic rings. The minimum absolute atomic E-state index is 0.0913. The van der Waals surface area contributed by atoms with Crippen LogP contribution in [0.25, 0.3) is 0 Å². The Morgan fingerprint density at radius 1 is 1.00 bits per heavy atom.